The van der Waals surface area contributed by atoms with E-state index in [-0.39, 0.29) is 5.78 Å². The van der Waals surface area contributed by atoms with Crippen molar-refractivity contribution >= 4 is 28.6 Å². The number of thioether (sulfide) groups is 1. The van der Waals surface area contributed by atoms with E-state index in [1.165, 1.54) is 17.3 Å². The van der Waals surface area contributed by atoms with Crippen LogP contribution in [0, 0.1) is 20.8 Å². The van der Waals surface area contributed by atoms with Crippen LogP contribution in [0.4, 0.5) is 0 Å². The number of H-pyrrole nitrogens is 1. The van der Waals surface area contributed by atoms with E-state index < -0.39 is 0 Å². The number of fused-ring (bicyclic) bond motifs is 1. The molecule has 0 amide bonds. The Labute approximate surface area is 151 Å². The summed E-state index contributed by atoms with van der Waals surface area (Å²) in [6.45, 7) is 7.46. The van der Waals surface area contributed by atoms with E-state index in [0.29, 0.717) is 12.4 Å². The van der Waals surface area contributed by atoms with Crippen LogP contribution < -0.4 is 0 Å². The van der Waals surface area contributed by atoms with Gasteiger partial charge in [0, 0.05) is 30.6 Å². The van der Waals surface area contributed by atoms with Gasteiger partial charge in [-0.05, 0) is 44.5 Å². The first kappa shape index (κ1) is 17.8. The van der Waals surface area contributed by atoms with Gasteiger partial charge in [-0.2, -0.15) is 0 Å². The van der Waals surface area contributed by atoms with E-state index >= 15 is 0 Å². The number of carbonyl (C=O) groups excluding carboxylic acids is 1. The molecule has 1 N–H and O–H groups in total. The first-order chi connectivity index (χ1) is 12.0. The number of hydrogen-bond donors (Lipinski definition) is 1. The van der Waals surface area contributed by atoms with Crippen molar-refractivity contribution < 1.29 is 9.53 Å². The predicted octanol–water partition coefficient (Wildman–Crippen LogP) is 3.91. The number of nitrogens with zero attached hydrogens (tertiary/aromatic N) is 2. The molecular formula is C19H23N3O2S. The molecule has 132 valence electrons. The average molecular weight is 357 g/mol. The van der Waals surface area contributed by atoms with Crippen molar-refractivity contribution in [1.29, 1.82) is 0 Å². The second-order valence-corrected chi connectivity index (χ2v) is 7.17. The molecule has 6 heteroatoms. The highest BCUT2D eigenvalue weighted by atomic mass is 32.2. The molecule has 2 heterocycles. The summed E-state index contributed by atoms with van der Waals surface area (Å²) in [5.74, 6) is 0.492. The van der Waals surface area contributed by atoms with Gasteiger partial charge in [-0.15, -0.1) is 0 Å². The van der Waals surface area contributed by atoms with Gasteiger partial charge in [0.15, 0.2) is 10.9 Å². The fourth-order valence-corrected chi connectivity index (χ4v) is 3.76. The first-order valence-corrected chi connectivity index (χ1v) is 9.26. The molecule has 0 bridgehead atoms. The van der Waals surface area contributed by atoms with E-state index in [1.807, 2.05) is 32.0 Å². The summed E-state index contributed by atoms with van der Waals surface area (Å²) in [5, 5.41) is 0.780. The van der Waals surface area contributed by atoms with Gasteiger partial charge in [-0.25, -0.2) is 4.98 Å². The van der Waals surface area contributed by atoms with Gasteiger partial charge in [0.1, 0.15) is 0 Å². The second kappa shape index (κ2) is 7.45. The average Bonchev–Trinajstić information content (AvgIpc) is 3.11. The number of rotatable bonds is 7. The number of methoxy groups -OCH3 is 1. The Morgan fingerprint density at radius 1 is 1.28 bits per heavy atom. The Hall–Kier alpha value is -2.05. The van der Waals surface area contributed by atoms with Crippen LogP contribution in [0.1, 0.15) is 27.3 Å². The van der Waals surface area contributed by atoms with Gasteiger partial charge >= 0.3 is 0 Å². The largest absolute Gasteiger partial charge is 0.383 e. The van der Waals surface area contributed by atoms with Crippen LogP contribution in [-0.4, -0.2) is 39.8 Å². The summed E-state index contributed by atoms with van der Waals surface area (Å²) in [6, 6.07) is 8.07. The minimum atomic E-state index is 0.124. The SMILES string of the molecule is COCCn1c(C)cc(C(=O)CSc2nc3ccc(C)cc3[nH]2)c1C. The highest BCUT2D eigenvalue weighted by molar-refractivity contribution is 7.99. The molecule has 3 rings (SSSR count). The number of aryl methyl sites for hydroxylation is 2. The zero-order valence-electron chi connectivity index (χ0n) is 15.0. The zero-order valence-corrected chi connectivity index (χ0v) is 15.9. The van der Waals surface area contributed by atoms with Crippen LogP contribution in [0.3, 0.4) is 0 Å². The third kappa shape index (κ3) is 3.80. The molecular weight excluding hydrogens is 334 g/mol. The fourth-order valence-electron chi connectivity index (χ4n) is 2.99. The van der Waals surface area contributed by atoms with Crippen LogP contribution in [0.25, 0.3) is 11.0 Å². The quantitative estimate of drug-likeness (QED) is 0.514. The van der Waals surface area contributed by atoms with Gasteiger partial charge in [0.25, 0.3) is 0 Å². The van der Waals surface area contributed by atoms with Gasteiger partial charge in [0.2, 0.25) is 0 Å². The number of ether oxygens (including phenoxy) is 1. The summed E-state index contributed by atoms with van der Waals surface area (Å²) in [7, 11) is 1.69. The molecule has 0 fully saturated rings. The van der Waals surface area contributed by atoms with E-state index in [4.69, 9.17) is 4.74 Å². The standard InChI is InChI=1S/C19H23N3O2S/c1-12-5-6-16-17(9-12)21-19(20-16)25-11-18(23)15-10-13(2)22(14(15)3)7-8-24-4/h5-6,9-10H,7-8,11H2,1-4H3,(H,20,21). The maximum Gasteiger partial charge on any atom is 0.175 e. The van der Waals surface area contributed by atoms with Crippen LogP contribution in [0.5, 0.6) is 0 Å². The molecule has 5 nitrogen and oxygen atoms in total. The number of carbonyl (C=O) groups is 1. The van der Waals surface area contributed by atoms with Crippen LogP contribution in [-0.2, 0) is 11.3 Å². The van der Waals surface area contributed by atoms with Crippen molar-refractivity contribution in [2.45, 2.75) is 32.5 Å². The molecule has 3 aromatic rings. The lowest BCUT2D eigenvalue weighted by molar-refractivity contribution is 0.102. The highest BCUT2D eigenvalue weighted by Gasteiger charge is 2.16. The molecule has 0 spiro atoms. The number of benzene rings is 1. The van der Waals surface area contributed by atoms with Crippen LogP contribution in [0.15, 0.2) is 29.4 Å². The number of aromatic nitrogens is 3. The molecule has 25 heavy (non-hydrogen) atoms. The number of hydrogen-bond acceptors (Lipinski definition) is 4. The lowest BCUT2D eigenvalue weighted by Gasteiger charge is -2.08. The van der Waals surface area contributed by atoms with Gasteiger partial charge in [0.05, 0.1) is 23.4 Å². The monoisotopic (exact) mass is 357 g/mol. The van der Waals surface area contributed by atoms with E-state index in [9.17, 15) is 4.79 Å². The molecule has 0 saturated carbocycles. The topological polar surface area (TPSA) is 59.9 Å². The Bertz CT molecular complexity index is 911. The van der Waals surface area contributed by atoms with Crippen molar-refractivity contribution in [3.63, 3.8) is 0 Å². The summed E-state index contributed by atoms with van der Waals surface area (Å²) < 4.78 is 7.28. The van der Waals surface area contributed by atoms with E-state index in [2.05, 4.69) is 27.5 Å². The zero-order chi connectivity index (χ0) is 18.0. The maximum atomic E-state index is 12.6. The third-order valence-electron chi connectivity index (χ3n) is 4.35. The molecule has 0 atom stereocenters. The smallest absolute Gasteiger partial charge is 0.175 e. The van der Waals surface area contributed by atoms with Crippen molar-refractivity contribution in [2.24, 2.45) is 0 Å². The lowest BCUT2D eigenvalue weighted by Crippen LogP contribution is -2.09. The predicted molar refractivity (Wildman–Crippen MR) is 102 cm³/mol. The maximum absolute atomic E-state index is 12.6. The molecule has 0 saturated heterocycles. The normalized spacial score (nSPS) is 11.4. The first-order valence-electron chi connectivity index (χ1n) is 8.27. The molecule has 2 aromatic heterocycles. The fraction of sp³-hybridized carbons (Fsp3) is 0.368. The Morgan fingerprint density at radius 2 is 2.08 bits per heavy atom. The summed E-state index contributed by atoms with van der Waals surface area (Å²) in [5.41, 5.74) is 5.99. The Morgan fingerprint density at radius 3 is 2.84 bits per heavy atom. The third-order valence-corrected chi connectivity index (χ3v) is 5.22. The van der Waals surface area contributed by atoms with Gasteiger partial charge in [-0.3, -0.25) is 4.79 Å². The van der Waals surface area contributed by atoms with Crippen molar-refractivity contribution in [2.75, 3.05) is 19.5 Å². The summed E-state index contributed by atoms with van der Waals surface area (Å²) in [6.07, 6.45) is 0. The Kier molecular flexibility index (Phi) is 5.30. The molecule has 0 aliphatic rings. The summed E-state index contributed by atoms with van der Waals surface area (Å²) in [4.78, 5) is 20.5. The molecule has 0 aliphatic carbocycles. The molecule has 1 aromatic carbocycles. The summed E-state index contributed by atoms with van der Waals surface area (Å²) >= 11 is 1.45. The van der Waals surface area contributed by atoms with Gasteiger partial charge < -0.3 is 14.3 Å². The Balaban J connectivity index is 1.71. The van der Waals surface area contributed by atoms with Crippen molar-refractivity contribution in [3.8, 4) is 0 Å². The number of aromatic amines is 1. The number of Topliss-reactive ketones (excluding diaryl/α,β-unsaturated/α-hetero) is 1. The molecule has 0 unspecified atom stereocenters. The minimum Gasteiger partial charge on any atom is -0.383 e. The van der Waals surface area contributed by atoms with E-state index in [1.54, 1.807) is 7.11 Å². The van der Waals surface area contributed by atoms with Gasteiger partial charge in [-0.1, -0.05) is 17.8 Å². The van der Waals surface area contributed by atoms with Crippen LogP contribution in [0.2, 0.25) is 0 Å². The second-order valence-electron chi connectivity index (χ2n) is 6.20. The van der Waals surface area contributed by atoms with Crippen molar-refractivity contribution in [1.82, 2.24) is 14.5 Å². The minimum absolute atomic E-state index is 0.124. The highest BCUT2D eigenvalue weighted by Crippen LogP contribution is 2.23. The molecule has 0 radical (unpaired) electrons. The number of nitrogens with one attached hydrogen (secondary N) is 1. The number of ketones is 1. The lowest BCUT2D eigenvalue weighted by atomic mass is 10.2. The van der Waals surface area contributed by atoms with E-state index in [0.717, 1.165) is 39.7 Å². The number of imidazole rings is 1. The molecule has 0 aliphatic heterocycles. The van der Waals surface area contributed by atoms with Crippen molar-refractivity contribution in [3.05, 3.63) is 46.8 Å². The van der Waals surface area contributed by atoms with Crippen LogP contribution >= 0.6 is 11.8 Å².